The summed E-state index contributed by atoms with van der Waals surface area (Å²) in [6, 6.07) is 6.28. The van der Waals surface area contributed by atoms with Gasteiger partial charge in [-0.1, -0.05) is 12.1 Å². The zero-order chi connectivity index (χ0) is 12.8. The van der Waals surface area contributed by atoms with Gasteiger partial charge in [-0.25, -0.2) is 4.39 Å². The van der Waals surface area contributed by atoms with Crippen molar-refractivity contribution in [2.24, 2.45) is 0 Å². The zero-order valence-corrected chi connectivity index (χ0v) is 10.6. The van der Waals surface area contributed by atoms with Gasteiger partial charge in [0.25, 0.3) is 0 Å². The number of hydrogen-bond acceptors (Lipinski definition) is 2. The minimum absolute atomic E-state index is 0.259. The predicted octanol–water partition coefficient (Wildman–Crippen LogP) is 3.27. The van der Waals surface area contributed by atoms with Crippen molar-refractivity contribution in [2.45, 2.75) is 38.8 Å². The predicted molar refractivity (Wildman–Crippen MR) is 64.8 cm³/mol. The van der Waals surface area contributed by atoms with Crippen LogP contribution in [0.25, 0.3) is 5.57 Å². The molecule has 0 saturated carbocycles. The third-order valence-electron chi connectivity index (χ3n) is 3.23. The van der Waals surface area contributed by atoms with E-state index in [1.807, 2.05) is 27.7 Å². The summed E-state index contributed by atoms with van der Waals surface area (Å²) in [6.07, 6.45) is 3.28. The van der Waals surface area contributed by atoms with Gasteiger partial charge in [0.15, 0.2) is 0 Å². The van der Waals surface area contributed by atoms with Crippen molar-refractivity contribution in [2.75, 3.05) is 0 Å². The molecule has 17 heavy (non-hydrogen) atoms. The molecule has 0 spiro atoms. The molecule has 91 valence electrons. The number of benzene rings is 1. The van der Waals surface area contributed by atoms with Crippen molar-refractivity contribution in [1.29, 1.82) is 0 Å². The van der Waals surface area contributed by atoms with E-state index in [1.165, 1.54) is 17.2 Å². The fourth-order valence-electron chi connectivity index (χ4n) is 2.36. The van der Waals surface area contributed by atoms with Crippen LogP contribution < -0.4 is 0 Å². The maximum atomic E-state index is 12.9. The van der Waals surface area contributed by atoms with Crippen LogP contribution in [-0.4, -0.2) is 21.3 Å². The van der Waals surface area contributed by atoms with Gasteiger partial charge in [0.05, 0.1) is 11.1 Å². The molecule has 2 nitrogen and oxygen atoms in total. The zero-order valence-electron chi connectivity index (χ0n) is 10.6. The number of rotatable bonds is 1. The van der Waals surface area contributed by atoms with Crippen LogP contribution in [0, 0.1) is 11.9 Å². The number of halogens is 1. The summed E-state index contributed by atoms with van der Waals surface area (Å²) in [7, 11) is 0. The molecule has 1 radical (unpaired) electrons. The molecule has 1 heterocycles. The van der Waals surface area contributed by atoms with E-state index in [-0.39, 0.29) is 5.82 Å². The molecule has 0 aromatic heterocycles. The van der Waals surface area contributed by atoms with E-state index in [0.717, 1.165) is 11.1 Å². The standard InChI is InChI=1S/C14H17FNO/c1-13(2)9-12(14(3,4)16(13)17)10-5-7-11(15)8-6-10/h5-8,17H,1-4H3. The van der Waals surface area contributed by atoms with Gasteiger partial charge in [0.2, 0.25) is 0 Å². The highest BCUT2D eigenvalue weighted by atomic mass is 19.1. The molecule has 0 atom stereocenters. The highest BCUT2D eigenvalue weighted by molar-refractivity contribution is 5.73. The van der Waals surface area contributed by atoms with E-state index in [2.05, 4.69) is 6.08 Å². The summed E-state index contributed by atoms with van der Waals surface area (Å²) in [5, 5.41) is 11.4. The molecule has 0 unspecified atom stereocenters. The Labute approximate surface area is 101 Å². The maximum absolute atomic E-state index is 12.9. The van der Waals surface area contributed by atoms with Crippen LogP contribution in [0.1, 0.15) is 33.3 Å². The molecule has 1 aromatic carbocycles. The van der Waals surface area contributed by atoms with Crippen molar-refractivity contribution >= 4 is 5.57 Å². The first-order valence-corrected chi connectivity index (χ1v) is 5.66. The van der Waals surface area contributed by atoms with Gasteiger partial charge in [-0.2, -0.15) is 5.06 Å². The summed E-state index contributed by atoms with van der Waals surface area (Å²) in [5.74, 6) is -0.259. The van der Waals surface area contributed by atoms with Gasteiger partial charge in [-0.15, -0.1) is 0 Å². The molecule has 0 amide bonds. The Hall–Kier alpha value is -1.19. The van der Waals surface area contributed by atoms with Crippen molar-refractivity contribution in [3.63, 3.8) is 0 Å². The van der Waals surface area contributed by atoms with E-state index >= 15 is 0 Å². The third kappa shape index (κ3) is 1.90. The summed E-state index contributed by atoms with van der Waals surface area (Å²) >= 11 is 0. The monoisotopic (exact) mass is 234 g/mol. The second kappa shape index (κ2) is 3.65. The molecule has 0 aliphatic carbocycles. The van der Waals surface area contributed by atoms with E-state index < -0.39 is 11.1 Å². The highest BCUT2D eigenvalue weighted by Crippen LogP contribution is 2.42. The van der Waals surface area contributed by atoms with Gasteiger partial charge >= 0.3 is 0 Å². The molecule has 0 bridgehead atoms. The van der Waals surface area contributed by atoms with Gasteiger partial charge in [-0.3, -0.25) is 0 Å². The number of hydrogen-bond donors (Lipinski definition) is 1. The fraction of sp³-hybridized carbons (Fsp3) is 0.429. The molecule has 3 heteroatoms. The van der Waals surface area contributed by atoms with Crippen molar-refractivity contribution < 1.29 is 9.60 Å². The first-order valence-electron chi connectivity index (χ1n) is 5.66. The lowest BCUT2D eigenvalue weighted by Gasteiger charge is -2.36. The molecule has 1 aliphatic rings. The van der Waals surface area contributed by atoms with Crippen LogP contribution in [-0.2, 0) is 0 Å². The van der Waals surface area contributed by atoms with Gasteiger partial charge in [-0.05, 0) is 57.0 Å². The van der Waals surface area contributed by atoms with Crippen LogP contribution in [0.15, 0.2) is 24.3 Å². The Morgan fingerprint density at radius 1 is 1.12 bits per heavy atom. The molecule has 0 fully saturated rings. The summed E-state index contributed by atoms with van der Waals surface area (Å²) in [6.45, 7) is 7.64. The van der Waals surface area contributed by atoms with E-state index in [0.29, 0.717) is 0 Å². The smallest absolute Gasteiger partial charge is 0.123 e. The van der Waals surface area contributed by atoms with Crippen LogP contribution >= 0.6 is 0 Å². The minimum Gasteiger partial charge on any atom is -0.312 e. The maximum Gasteiger partial charge on any atom is 0.123 e. The number of nitrogens with zero attached hydrogens (tertiary/aromatic N) is 1. The minimum atomic E-state index is -0.535. The quantitative estimate of drug-likeness (QED) is 0.806. The third-order valence-corrected chi connectivity index (χ3v) is 3.23. The fourth-order valence-corrected chi connectivity index (χ4v) is 2.36. The van der Waals surface area contributed by atoms with Crippen LogP contribution in [0.2, 0.25) is 0 Å². The van der Waals surface area contributed by atoms with Gasteiger partial charge < -0.3 is 5.21 Å². The molecular formula is C14H17FNO. The lowest BCUT2D eigenvalue weighted by Crippen LogP contribution is -2.47. The van der Waals surface area contributed by atoms with Gasteiger partial charge in [0, 0.05) is 0 Å². The molecule has 1 aromatic rings. The SMILES string of the molecule is CC1(C)[C]=C(c2ccc(F)cc2)C(C)(C)N1O. The summed E-state index contributed by atoms with van der Waals surface area (Å²) in [5.41, 5.74) is 0.722. The van der Waals surface area contributed by atoms with E-state index in [9.17, 15) is 9.60 Å². The largest absolute Gasteiger partial charge is 0.312 e. The Morgan fingerprint density at radius 2 is 1.65 bits per heavy atom. The Kier molecular flexibility index (Phi) is 2.64. The van der Waals surface area contributed by atoms with Crippen LogP contribution in [0.5, 0.6) is 0 Å². The Balaban J connectivity index is 2.49. The Morgan fingerprint density at radius 3 is 2.06 bits per heavy atom. The van der Waals surface area contributed by atoms with Crippen molar-refractivity contribution in [1.82, 2.24) is 5.06 Å². The second-order valence-corrected chi connectivity index (χ2v) is 5.44. The molecule has 2 rings (SSSR count). The van der Waals surface area contributed by atoms with Crippen LogP contribution in [0.4, 0.5) is 4.39 Å². The lowest BCUT2D eigenvalue weighted by molar-refractivity contribution is -0.182. The highest BCUT2D eigenvalue weighted by Gasteiger charge is 2.45. The average molecular weight is 234 g/mol. The summed E-state index contributed by atoms with van der Waals surface area (Å²) < 4.78 is 12.9. The Bertz CT molecular complexity index is 460. The van der Waals surface area contributed by atoms with Crippen molar-refractivity contribution in [3.8, 4) is 0 Å². The summed E-state index contributed by atoms with van der Waals surface area (Å²) in [4.78, 5) is 0. The molecule has 1 N–H and O–H groups in total. The van der Waals surface area contributed by atoms with E-state index in [4.69, 9.17) is 0 Å². The second-order valence-electron chi connectivity index (χ2n) is 5.44. The first-order chi connectivity index (χ1) is 7.75. The molecule has 1 aliphatic heterocycles. The average Bonchev–Trinajstić information content (AvgIpc) is 2.40. The number of hydroxylamine groups is 2. The molecular weight excluding hydrogens is 217 g/mol. The lowest BCUT2D eigenvalue weighted by atomic mass is 9.90. The normalized spacial score (nSPS) is 22.6. The topological polar surface area (TPSA) is 23.5 Å². The van der Waals surface area contributed by atoms with E-state index in [1.54, 1.807) is 12.1 Å². The van der Waals surface area contributed by atoms with Crippen molar-refractivity contribution in [3.05, 3.63) is 41.7 Å². The van der Waals surface area contributed by atoms with Gasteiger partial charge in [0.1, 0.15) is 5.82 Å². The molecule has 0 saturated heterocycles. The first kappa shape index (κ1) is 12.3. The van der Waals surface area contributed by atoms with Crippen LogP contribution in [0.3, 0.4) is 0 Å².